The van der Waals surface area contributed by atoms with Gasteiger partial charge < -0.3 is 10.5 Å². The summed E-state index contributed by atoms with van der Waals surface area (Å²) in [6.07, 6.45) is 0. The standard InChI is InChI=1S/C12H19NO3S/c1-8-6-10(16-5)11(7-9(8)2)17(14,15)12(3,4)13/h6-7H,13H2,1-5H3. The highest BCUT2D eigenvalue weighted by Gasteiger charge is 2.34. The fourth-order valence-corrected chi connectivity index (χ4v) is 2.72. The van der Waals surface area contributed by atoms with Gasteiger partial charge in [0.1, 0.15) is 15.5 Å². The van der Waals surface area contributed by atoms with E-state index in [1.807, 2.05) is 13.8 Å². The van der Waals surface area contributed by atoms with E-state index in [9.17, 15) is 8.42 Å². The Bertz CT molecular complexity index is 527. The van der Waals surface area contributed by atoms with Gasteiger partial charge >= 0.3 is 0 Å². The second kappa shape index (κ2) is 4.31. The van der Waals surface area contributed by atoms with E-state index in [0.717, 1.165) is 11.1 Å². The van der Waals surface area contributed by atoms with E-state index in [1.165, 1.54) is 21.0 Å². The average molecular weight is 257 g/mol. The molecule has 96 valence electrons. The minimum atomic E-state index is -3.61. The maximum atomic E-state index is 12.3. The van der Waals surface area contributed by atoms with Crippen LogP contribution in [0.3, 0.4) is 0 Å². The van der Waals surface area contributed by atoms with Crippen LogP contribution in [-0.2, 0) is 9.84 Å². The maximum Gasteiger partial charge on any atom is 0.199 e. The largest absolute Gasteiger partial charge is 0.495 e. The van der Waals surface area contributed by atoms with Gasteiger partial charge in [0.15, 0.2) is 9.84 Å². The lowest BCUT2D eigenvalue weighted by atomic mass is 10.1. The molecule has 0 bridgehead atoms. The molecular formula is C12H19NO3S. The normalized spacial score (nSPS) is 12.6. The van der Waals surface area contributed by atoms with Gasteiger partial charge in [-0.25, -0.2) is 8.42 Å². The molecule has 17 heavy (non-hydrogen) atoms. The third-order valence-corrected chi connectivity index (χ3v) is 5.05. The quantitative estimate of drug-likeness (QED) is 0.896. The van der Waals surface area contributed by atoms with Gasteiger partial charge in [0, 0.05) is 0 Å². The first-order chi connectivity index (χ1) is 7.61. The van der Waals surface area contributed by atoms with Gasteiger partial charge in [-0.1, -0.05) is 0 Å². The average Bonchev–Trinajstić information content (AvgIpc) is 2.19. The third kappa shape index (κ3) is 2.45. The summed E-state index contributed by atoms with van der Waals surface area (Å²) in [5, 5.41) is 0. The Morgan fingerprint density at radius 1 is 1.18 bits per heavy atom. The molecule has 1 aromatic carbocycles. The summed E-state index contributed by atoms with van der Waals surface area (Å²) in [6, 6.07) is 3.33. The molecule has 1 rings (SSSR count). The van der Waals surface area contributed by atoms with Crippen LogP contribution in [-0.4, -0.2) is 20.4 Å². The topological polar surface area (TPSA) is 69.4 Å². The van der Waals surface area contributed by atoms with Crippen molar-refractivity contribution in [3.8, 4) is 5.75 Å². The molecule has 0 saturated heterocycles. The van der Waals surface area contributed by atoms with E-state index >= 15 is 0 Å². The van der Waals surface area contributed by atoms with Crippen LogP contribution in [0, 0.1) is 13.8 Å². The minimum absolute atomic E-state index is 0.149. The predicted molar refractivity (Wildman–Crippen MR) is 67.9 cm³/mol. The van der Waals surface area contributed by atoms with Gasteiger partial charge in [0.25, 0.3) is 0 Å². The Kier molecular flexibility index (Phi) is 3.55. The van der Waals surface area contributed by atoms with Crippen LogP contribution in [0.5, 0.6) is 5.75 Å². The smallest absolute Gasteiger partial charge is 0.199 e. The number of methoxy groups -OCH3 is 1. The van der Waals surface area contributed by atoms with Gasteiger partial charge in [0.05, 0.1) is 7.11 Å². The van der Waals surface area contributed by atoms with Crippen LogP contribution >= 0.6 is 0 Å². The number of hydrogen-bond acceptors (Lipinski definition) is 4. The second-order valence-corrected chi connectivity index (χ2v) is 7.19. The van der Waals surface area contributed by atoms with Crippen molar-refractivity contribution in [2.45, 2.75) is 37.5 Å². The summed E-state index contributed by atoms with van der Waals surface area (Å²) in [4.78, 5) is -1.18. The van der Waals surface area contributed by atoms with Crippen molar-refractivity contribution in [2.24, 2.45) is 5.73 Å². The molecule has 0 amide bonds. The number of ether oxygens (including phenoxy) is 1. The van der Waals surface area contributed by atoms with Crippen LogP contribution in [0.1, 0.15) is 25.0 Å². The number of rotatable bonds is 3. The summed E-state index contributed by atoms with van der Waals surface area (Å²) in [6.45, 7) is 6.70. The Morgan fingerprint density at radius 2 is 1.65 bits per heavy atom. The summed E-state index contributed by atoms with van der Waals surface area (Å²) >= 11 is 0. The lowest BCUT2D eigenvalue weighted by Gasteiger charge is -2.21. The zero-order valence-corrected chi connectivity index (χ0v) is 11.7. The predicted octanol–water partition coefficient (Wildman–Crippen LogP) is 1.78. The molecule has 1 aromatic rings. The molecule has 0 saturated carbocycles. The number of aryl methyl sites for hydroxylation is 2. The van der Waals surface area contributed by atoms with Crippen molar-refractivity contribution in [1.82, 2.24) is 0 Å². The van der Waals surface area contributed by atoms with E-state index in [4.69, 9.17) is 10.5 Å². The van der Waals surface area contributed by atoms with Crippen molar-refractivity contribution >= 4 is 9.84 Å². The molecule has 2 N–H and O–H groups in total. The van der Waals surface area contributed by atoms with Gasteiger partial charge in [-0.05, 0) is 51.0 Å². The molecular weight excluding hydrogens is 238 g/mol. The van der Waals surface area contributed by atoms with Crippen molar-refractivity contribution in [1.29, 1.82) is 0 Å². The molecule has 0 aliphatic carbocycles. The second-order valence-electron chi connectivity index (χ2n) is 4.69. The lowest BCUT2D eigenvalue weighted by Crippen LogP contribution is -2.41. The molecule has 0 radical (unpaired) electrons. The maximum absolute atomic E-state index is 12.3. The Morgan fingerprint density at radius 3 is 2.06 bits per heavy atom. The number of nitrogens with two attached hydrogens (primary N) is 1. The molecule has 0 spiro atoms. The minimum Gasteiger partial charge on any atom is -0.495 e. The Balaban J connectivity index is 3.57. The van der Waals surface area contributed by atoms with E-state index < -0.39 is 14.7 Å². The van der Waals surface area contributed by atoms with Gasteiger partial charge in [-0.3, -0.25) is 0 Å². The van der Waals surface area contributed by atoms with Crippen LogP contribution in [0.25, 0.3) is 0 Å². The molecule has 5 heteroatoms. The van der Waals surface area contributed by atoms with Crippen LogP contribution in [0.15, 0.2) is 17.0 Å². The Labute approximate surface area is 103 Å². The summed E-state index contributed by atoms with van der Waals surface area (Å²) < 4.78 is 29.7. The van der Waals surface area contributed by atoms with Crippen molar-refractivity contribution in [3.63, 3.8) is 0 Å². The molecule has 0 aliphatic rings. The summed E-state index contributed by atoms with van der Waals surface area (Å²) in [7, 11) is -2.15. The van der Waals surface area contributed by atoms with Crippen molar-refractivity contribution in [2.75, 3.05) is 7.11 Å². The highest BCUT2D eigenvalue weighted by atomic mass is 32.2. The van der Waals surface area contributed by atoms with Crippen molar-refractivity contribution in [3.05, 3.63) is 23.3 Å². The molecule has 0 heterocycles. The van der Waals surface area contributed by atoms with Crippen molar-refractivity contribution < 1.29 is 13.2 Å². The first-order valence-electron chi connectivity index (χ1n) is 5.30. The molecule has 0 aromatic heterocycles. The van der Waals surface area contributed by atoms with Crippen LogP contribution < -0.4 is 10.5 Å². The summed E-state index contributed by atoms with van der Waals surface area (Å²) in [5.74, 6) is 0.339. The van der Waals surface area contributed by atoms with Gasteiger partial charge in [-0.15, -0.1) is 0 Å². The lowest BCUT2D eigenvalue weighted by molar-refractivity contribution is 0.401. The molecule has 0 aliphatic heterocycles. The zero-order valence-electron chi connectivity index (χ0n) is 10.9. The first-order valence-corrected chi connectivity index (χ1v) is 6.78. The first kappa shape index (κ1) is 14.0. The number of hydrogen-bond donors (Lipinski definition) is 1. The van der Waals surface area contributed by atoms with E-state index in [-0.39, 0.29) is 4.90 Å². The number of benzene rings is 1. The van der Waals surface area contributed by atoms with Gasteiger partial charge in [-0.2, -0.15) is 0 Å². The molecule has 0 fully saturated rings. The van der Waals surface area contributed by atoms with Gasteiger partial charge in [0.2, 0.25) is 0 Å². The van der Waals surface area contributed by atoms with E-state index in [1.54, 1.807) is 12.1 Å². The molecule has 4 nitrogen and oxygen atoms in total. The number of sulfone groups is 1. The van der Waals surface area contributed by atoms with E-state index in [0.29, 0.717) is 5.75 Å². The Hall–Kier alpha value is -1.07. The van der Waals surface area contributed by atoms with E-state index in [2.05, 4.69) is 0 Å². The molecule has 0 atom stereocenters. The fourth-order valence-electron chi connectivity index (χ4n) is 1.42. The monoisotopic (exact) mass is 257 g/mol. The molecule has 0 unspecified atom stereocenters. The van der Waals surface area contributed by atoms with Crippen LogP contribution in [0.2, 0.25) is 0 Å². The highest BCUT2D eigenvalue weighted by molar-refractivity contribution is 7.92. The van der Waals surface area contributed by atoms with Crippen LogP contribution in [0.4, 0.5) is 0 Å². The fraction of sp³-hybridized carbons (Fsp3) is 0.500. The third-order valence-electron chi connectivity index (χ3n) is 2.76. The SMILES string of the molecule is COc1cc(C)c(C)cc1S(=O)(=O)C(C)(C)N. The highest BCUT2D eigenvalue weighted by Crippen LogP contribution is 2.32. The summed E-state index contributed by atoms with van der Waals surface area (Å²) in [5.41, 5.74) is 7.59. The zero-order chi connectivity index (χ0) is 13.4.